The van der Waals surface area contributed by atoms with Crippen molar-refractivity contribution in [2.75, 3.05) is 6.54 Å². The summed E-state index contributed by atoms with van der Waals surface area (Å²) in [7, 11) is 0. The average Bonchev–Trinajstić information content (AvgIpc) is 3.28. The van der Waals surface area contributed by atoms with Gasteiger partial charge in [-0.15, -0.1) is 0 Å². The molecule has 72 heavy (non-hydrogen) atoms. The van der Waals surface area contributed by atoms with E-state index in [1.54, 1.807) is 0 Å². The predicted molar refractivity (Wildman–Crippen MR) is 245 cm³/mol. The van der Waals surface area contributed by atoms with E-state index in [4.69, 9.17) is 38.9 Å². The number of nitrogens with two attached hydrogens (primary N) is 5. The van der Waals surface area contributed by atoms with Gasteiger partial charge in [-0.2, -0.15) is 0 Å². The van der Waals surface area contributed by atoms with Crippen LogP contribution in [0.3, 0.4) is 0 Å². The molecule has 0 radical (unpaired) electrons. The molecule has 0 aromatic rings. The quantitative estimate of drug-likeness (QED) is 0.0157. The first-order valence-electron chi connectivity index (χ1n) is 22.1. The molecular formula is C40H66N14O18. The summed E-state index contributed by atoms with van der Waals surface area (Å²) in [5.41, 5.74) is 26.9. The highest BCUT2D eigenvalue weighted by molar-refractivity contribution is 5.98. The number of carboxylic acid groups (broad SMARTS) is 4. The zero-order chi connectivity index (χ0) is 55.4. The van der Waals surface area contributed by atoms with Crippen molar-refractivity contribution in [1.29, 1.82) is 0 Å². The first-order chi connectivity index (χ1) is 33.4. The number of carboxylic acids is 4. The van der Waals surface area contributed by atoms with Crippen molar-refractivity contribution >= 4 is 88.9 Å². The fourth-order valence-corrected chi connectivity index (χ4v) is 5.92. The monoisotopic (exact) mass is 1030 g/mol. The molecule has 0 aliphatic carbocycles. The summed E-state index contributed by atoms with van der Waals surface area (Å²) in [5, 5.41) is 54.8. The van der Waals surface area contributed by atoms with Crippen LogP contribution < -0.4 is 71.2 Å². The molecule has 9 atom stereocenters. The Hall–Kier alpha value is -8.19. The molecule has 0 rings (SSSR count). The Morgan fingerprint density at radius 3 is 1.01 bits per heavy atom. The maximum absolute atomic E-state index is 13.7. The number of aliphatic carboxylic acids is 4. The van der Waals surface area contributed by atoms with Crippen molar-refractivity contribution in [3.63, 3.8) is 0 Å². The second-order valence-electron chi connectivity index (χ2n) is 16.2. The van der Waals surface area contributed by atoms with E-state index in [2.05, 4.69) is 47.5 Å². The van der Waals surface area contributed by atoms with Gasteiger partial charge >= 0.3 is 23.9 Å². The van der Waals surface area contributed by atoms with Gasteiger partial charge in [-0.3, -0.25) is 72.1 Å². The topological polar surface area (TPSA) is 559 Å². The van der Waals surface area contributed by atoms with Crippen molar-refractivity contribution in [2.24, 2.45) is 33.7 Å². The lowest BCUT2D eigenvalue weighted by molar-refractivity contribution is -0.142. The molecule has 0 unspecified atom stereocenters. The van der Waals surface area contributed by atoms with E-state index in [-0.39, 0.29) is 38.2 Å². The molecule has 0 fully saturated rings. The molecule has 0 bridgehead atoms. The van der Waals surface area contributed by atoms with E-state index in [0.717, 1.165) is 20.8 Å². The molecular weight excluding hydrogens is 965 g/mol. The molecule has 0 saturated carbocycles. The Labute approximate surface area is 410 Å². The standard InChI is InChI=1S/C40H66N14O18/c1-17(31(63)50-22(7-11-26(42)55)36(68)49-19(3)39(71)72)47-35(67)25(10-15-30(61)62)54-38(70)23(8-12-27(43)56)51-32(64)18(2)48-34(66)24(9-14-29(59)60)53-37(69)21(5-4-16-46-40(44)45)52-33(65)20(41)6-13-28(57)58/h17-25H,4-16,41H2,1-3H3,(H2,42,55)(H2,43,56)(H,47,67)(H,48,66)(H,49,68)(H,50,63)(H,51,64)(H,52,65)(H,53,69)(H,54,70)(H,57,58)(H,59,60)(H,61,62)(H,71,72)(H4,44,45,46)/t17-,18-,19-,20-,21-,22-,23-,24-,25-/m0/s1. The second kappa shape index (κ2) is 32.6. The number of hydrogen-bond acceptors (Lipinski definition) is 16. The number of guanidine groups is 1. The number of aliphatic imine (C=N–C) groups is 1. The van der Waals surface area contributed by atoms with Gasteiger partial charge in [0.05, 0.1) is 6.04 Å². The number of nitrogens with one attached hydrogen (secondary N) is 8. The lowest BCUT2D eigenvalue weighted by Crippen LogP contribution is -2.59. The van der Waals surface area contributed by atoms with E-state index in [9.17, 15) is 77.3 Å². The van der Waals surface area contributed by atoms with Crippen LogP contribution in [-0.2, 0) is 67.1 Å². The van der Waals surface area contributed by atoms with Crippen molar-refractivity contribution in [3.05, 3.63) is 0 Å². The molecule has 0 spiro atoms. The third kappa shape index (κ3) is 27.1. The highest BCUT2D eigenvalue weighted by Gasteiger charge is 2.34. The summed E-state index contributed by atoms with van der Waals surface area (Å²) >= 11 is 0. The van der Waals surface area contributed by atoms with Gasteiger partial charge in [0.15, 0.2) is 5.96 Å². The Balaban J connectivity index is 6.39. The minimum atomic E-state index is -1.77. The van der Waals surface area contributed by atoms with Crippen LogP contribution in [0, 0.1) is 0 Å². The highest BCUT2D eigenvalue weighted by atomic mass is 16.4. The van der Waals surface area contributed by atoms with Gasteiger partial charge in [0, 0.05) is 38.6 Å². The number of carbonyl (C=O) groups is 14. The highest BCUT2D eigenvalue weighted by Crippen LogP contribution is 2.08. The van der Waals surface area contributed by atoms with Gasteiger partial charge in [0.25, 0.3) is 0 Å². The van der Waals surface area contributed by atoms with Crippen LogP contribution in [0.5, 0.6) is 0 Å². The first-order valence-corrected chi connectivity index (χ1v) is 22.1. The van der Waals surface area contributed by atoms with Crippen LogP contribution in [-0.4, -0.2) is 170 Å². The smallest absolute Gasteiger partial charge is 0.325 e. The number of amides is 10. The fourth-order valence-electron chi connectivity index (χ4n) is 5.92. The van der Waals surface area contributed by atoms with Crippen LogP contribution in [0.2, 0.25) is 0 Å². The molecule has 404 valence electrons. The van der Waals surface area contributed by atoms with Gasteiger partial charge in [0.1, 0.15) is 48.3 Å². The number of carbonyl (C=O) groups excluding carboxylic acids is 10. The lowest BCUT2D eigenvalue weighted by atomic mass is 10.1. The molecule has 10 amide bonds. The molecule has 0 saturated heterocycles. The van der Waals surface area contributed by atoms with E-state index in [1.165, 1.54) is 0 Å². The van der Waals surface area contributed by atoms with Crippen LogP contribution in [0.25, 0.3) is 0 Å². The van der Waals surface area contributed by atoms with Crippen LogP contribution >= 0.6 is 0 Å². The SMILES string of the molecule is C[C@H](NC(=O)[C@H](CCC(N)=O)NC(=O)[C@H](C)NC(=O)[C@H](CCC(=O)O)NC(=O)[C@H](CCC(N)=O)NC(=O)[C@H](C)NC(=O)[C@H](CCC(=O)O)NC(=O)[C@H](CCCN=C(N)N)NC(=O)[C@@H](N)CCC(=O)O)C(=O)O. The lowest BCUT2D eigenvalue weighted by Gasteiger charge is -2.26. The molecule has 0 aromatic heterocycles. The molecule has 32 nitrogen and oxygen atoms in total. The summed E-state index contributed by atoms with van der Waals surface area (Å²) in [6.45, 7) is 3.31. The van der Waals surface area contributed by atoms with Crippen LogP contribution in [0.15, 0.2) is 4.99 Å². The summed E-state index contributed by atoms with van der Waals surface area (Å²) in [6.07, 6.45) is -5.49. The largest absolute Gasteiger partial charge is 0.481 e. The first kappa shape index (κ1) is 63.8. The molecule has 22 N–H and O–H groups in total. The van der Waals surface area contributed by atoms with Crippen LogP contribution in [0.1, 0.15) is 97.8 Å². The second-order valence-corrected chi connectivity index (χ2v) is 16.2. The van der Waals surface area contributed by atoms with Gasteiger partial charge in [0.2, 0.25) is 59.1 Å². The van der Waals surface area contributed by atoms with Gasteiger partial charge in [-0.05, 0) is 65.7 Å². The zero-order valence-electron chi connectivity index (χ0n) is 39.7. The summed E-state index contributed by atoms with van der Waals surface area (Å²) in [6, 6.07) is -14.2. The molecule has 0 heterocycles. The van der Waals surface area contributed by atoms with Gasteiger partial charge < -0.3 is 91.6 Å². The van der Waals surface area contributed by atoms with Crippen molar-refractivity contribution in [2.45, 2.75) is 152 Å². The Morgan fingerprint density at radius 1 is 0.389 bits per heavy atom. The maximum atomic E-state index is 13.7. The Morgan fingerprint density at radius 2 is 0.681 bits per heavy atom. The Bertz CT molecular complexity index is 2030. The van der Waals surface area contributed by atoms with Crippen molar-refractivity contribution in [3.8, 4) is 0 Å². The summed E-state index contributed by atoms with van der Waals surface area (Å²) in [5.74, 6) is -16.4. The molecule has 32 heteroatoms. The minimum absolute atomic E-state index is 0.0287. The minimum Gasteiger partial charge on any atom is -0.481 e. The van der Waals surface area contributed by atoms with E-state index < -0.39 is 189 Å². The summed E-state index contributed by atoms with van der Waals surface area (Å²) < 4.78 is 0. The average molecular weight is 1030 g/mol. The van der Waals surface area contributed by atoms with Crippen molar-refractivity contribution < 1.29 is 87.5 Å². The third-order valence-corrected chi connectivity index (χ3v) is 10.0. The van der Waals surface area contributed by atoms with E-state index >= 15 is 0 Å². The zero-order valence-corrected chi connectivity index (χ0v) is 39.7. The van der Waals surface area contributed by atoms with Gasteiger partial charge in [-0.25, -0.2) is 0 Å². The normalized spacial score (nSPS) is 14.4. The Kier molecular flexibility index (Phi) is 28.9. The van der Waals surface area contributed by atoms with E-state index in [0.29, 0.717) is 0 Å². The number of hydrogen-bond donors (Lipinski definition) is 17. The fraction of sp³-hybridized carbons (Fsp3) is 0.625. The molecule has 0 aliphatic heterocycles. The number of rotatable bonds is 36. The van der Waals surface area contributed by atoms with Gasteiger partial charge in [-0.1, -0.05) is 0 Å². The van der Waals surface area contributed by atoms with E-state index in [1.807, 2.05) is 0 Å². The number of nitrogens with zero attached hydrogens (tertiary/aromatic N) is 1. The third-order valence-electron chi connectivity index (χ3n) is 10.0. The maximum Gasteiger partial charge on any atom is 0.325 e. The number of primary amides is 2. The van der Waals surface area contributed by atoms with Crippen molar-refractivity contribution in [1.82, 2.24) is 42.5 Å². The molecule has 0 aliphatic rings. The van der Waals surface area contributed by atoms with Crippen LogP contribution in [0.4, 0.5) is 0 Å². The predicted octanol–water partition coefficient (Wildman–Crippen LogP) is -7.48. The summed E-state index contributed by atoms with van der Waals surface area (Å²) in [4.78, 5) is 179. The molecule has 0 aromatic carbocycles.